The standard InChI is InChI=1S/C12H10BrN3O2S/c1-7(17)15-9-4-2-3-8(5-9)11(18)16-12-14-6-10(13)19-12/h2-6H,1H3,(H,15,17)(H,14,16,18). The number of anilines is 2. The first-order valence-electron chi connectivity index (χ1n) is 5.35. The number of carbonyl (C=O) groups excluding carboxylic acids is 2. The molecule has 0 saturated heterocycles. The van der Waals surface area contributed by atoms with Crippen molar-refractivity contribution in [3.05, 3.63) is 39.8 Å². The molecule has 7 heteroatoms. The zero-order valence-electron chi connectivity index (χ0n) is 9.94. The van der Waals surface area contributed by atoms with Crippen LogP contribution in [-0.4, -0.2) is 16.8 Å². The molecule has 2 aromatic rings. The van der Waals surface area contributed by atoms with Crippen LogP contribution in [0.2, 0.25) is 0 Å². The van der Waals surface area contributed by atoms with Crippen LogP contribution in [0.25, 0.3) is 0 Å². The van der Waals surface area contributed by atoms with Gasteiger partial charge in [-0.15, -0.1) is 0 Å². The third kappa shape index (κ3) is 3.87. The molecule has 0 bridgehead atoms. The third-order valence-corrected chi connectivity index (χ3v) is 3.53. The highest BCUT2D eigenvalue weighted by Crippen LogP contribution is 2.23. The van der Waals surface area contributed by atoms with Gasteiger partial charge in [0, 0.05) is 18.2 Å². The van der Waals surface area contributed by atoms with Crippen molar-refractivity contribution >= 4 is 49.9 Å². The Hall–Kier alpha value is -1.73. The maximum Gasteiger partial charge on any atom is 0.257 e. The SMILES string of the molecule is CC(=O)Nc1cccc(C(=O)Nc2ncc(Br)s2)c1. The Labute approximate surface area is 122 Å². The highest BCUT2D eigenvalue weighted by Gasteiger charge is 2.09. The van der Waals surface area contributed by atoms with Gasteiger partial charge in [-0.3, -0.25) is 14.9 Å². The number of aromatic nitrogens is 1. The molecule has 5 nitrogen and oxygen atoms in total. The topological polar surface area (TPSA) is 71.1 Å². The number of rotatable bonds is 3. The van der Waals surface area contributed by atoms with Crippen LogP contribution in [0.3, 0.4) is 0 Å². The van der Waals surface area contributed by atoms with Gasteiger partial charge in [-0.2, -0.15) is 0 Å². The first-order chi connectivity index (χ1) is 9.04. The second kappa shape index (κ2) is 5.94. The summed E-state index contributed by atoms with van der Waals surface area (Å²) < 4.78 is 0.842. The van der Waals surface area contributed by atoms with Gasteiger partial charge in [0.1, 0.15) is 0 Å². The number of benzene rings is 1. The van der Waals surface area contributed by atoms with Crippen molar-refractivity contribution in [2.75, 3.05) is 10.6 Å². The van der Waals surface area contributed by atoms with Crippen LogP contribution in [0.4, 0.5) is 10.8 Å². The molecule has 0 aliphatic heterocycles. The van der Waals surface area contributed by atoms with Crippen molar-refractivity contribution in [3.8, 4) is 0 Å². The Morgan fingerprint density at radius 1 is 1.32 bits per heavy atom. The van der Waals surface area contributed by atoms with Crippen LogP contribution in [0.15, 0.2) is 34.2 Å². The number of carbonyl (C=O) groups is 2. The number of nitrogens with one attached hydrogen (secondary N) is 2. The van der Waals surface area contributed by atoms with E-state index in [-0.39, 0.29) is 11.8 Å². The number of amides is 2. The van der Waals surface area contributed by atoms with Gasteiger partial charge in [0.05, 0.1) is 9.98 Å². The van der Waals surface area contributed by atoms with Crippen molar-refractivity contribution < 1.29 is 9.59 Å². The molecule has 1 aromatic heterocycles. The fourth-order valence-corrected chi connectivity index (χ4v) is 2.52. The monoisotopic (exact) mass is 339 g/mol. The Morgan fingerprint density at radius 3 is 2.74 bits per heavy atom. The van der Waals surface area contributed by atoms with E-state index in [1.54, 1.807) is 30.5 Å². The van der Waals surface area contributed by atoms with Crippen molar-refractivity contribution in [2.24, 2.45) is 0 Å². The van der Waals surface area contributed by atoms with Gasteiger partial charge in [-0.05, 0) is 34.1 Å². The predicted octanol–water partition coefficient (Wildman–Crippen LogP) is 3.12. The molecule has 0 fully saturated rings. The Bertz CT molecular complexity index is 627. The van der Waals surface area contributed by atoms with Gasteiger partial charge < -0.3 is 5.32 Å². The molecular formula is C12H10BrN3O2S. The van der Waals surface area contributed by atoms with E-state index in [9.17, 15) is 9.59 Å². The molecule has 0 unspecified atom stereocenters. The fraction of sp³-hybridized carbons (Fsp3) is 0.0833. The third-order valence-electron chi connectivity index (χ3n) is 2.14. The molecule has 19 heavy (non-hydrogen) atoms. The molecule has 0 spiro atoms. The first kappa shape index (κ1) is 13.7. The highest BCUT2D eigenvalue weighted by molar-refractivity contribution is 9.11. The summed E-state index contributed by atoms with van der Waals surface area (Å²) >= 11 is 4.60. The van der Waals surface area contributed by atoms with E-state index >= 15 is 0 Å². The van der Waals surface area contributed by atoms with Crippen LogP contribution in [0.1, 0.15) is 17.3 Å². The summed E-state index contributed by atoms with van der Waals surface area (Å²) in [5.41, 5.74) is 1.04. The predicted molar refractivity (Wildman–Crippen MR) is 78.5 cm³/mol. The molecule has 2 rings (SSSR count). The minimum atomic E-state index is -0.269. The summed E-state index contributed by atoms with van der Waals surface area (Å²) in [6.45, 7) is 1.42. The van der Waals surface area contributed by atoms with Gasteiger partial charge in [0.15, 0.2) is 5.13 Å². The number of hydrogen-bond donors (Lipinski definition) is 2. The molecule has 2 N–H and O–H groups in total. The highest BCUT2D eigenvalue weighted by atomic mass is 79.9. The Kier molecular flexibility index (Phi) is 4.28. The number of thiazole rings is 1. The second-order valence-corrected chi connectivity index (χ2v) is 6.10. The van der Waals surface area contributed by atoms with Crippen molar-refractivity contribution in [1.82, 2.24) is 4.98 Å². The number of nitrogens with zero attached hydrogens (tertiary/aromatic N) is 1. The largest absolute Gasteiger partial charge is 0.326 e. The van der Waals surface area contributed by atoms with Gasteiger partial charge in [-0.1, -0.05) is 17.4 Å². The van der Waals surface area contributed by atoms with Crippen molar-refractivity contribution in [3.63, 3.8) is 0 Å². The van der Waals surface area contributed by atoms with Crippen molar-refractivity contribution in [1.29, 1.82) is 0 Å². The minimum Gasteiger partial charge on any atom is -0.326 e. The maximum atomic E-state index is 12.0. The van der Waals surface area contributed by atoms with E-state index < -0.39 is 0 Å². The van der Waals surface area contributed by atoms with Crippen LogP contribution in [0.5, 0.6) is 0 Å². The van der Waals surface area contributed by atoms with Crippen LogP contribution >= 0.6 is 27.3 Å². The molecule has 0 aliphatic rings. The molecule has 2 amide bonds. The quantitative estimate of drug-likeness (QED) is 0.902. The lowest BCUT2D eigenvalue weighted by Crippen LogP contribution is -2.12. The average Bonchev–Trinajstić information content (AvgIpc) is 2.74. The summed E-state index contributed by atoms with van der Waals surface area (Å²) in [6.07, 6.45) is 1.62. The van der Waals surface area contributed by atoms with E-state index in [0.29, 0.717) is 16.4 Å². The van der Waals surface area contributed by atoms with Gasteiger partial charge in [0.25, 0.3) is 5.91 Å². The molecule has 0 aliphatic carbocycles. The van der Waals surface area contributed by atoms with E-state index in [1.807, 2.05) is 0 Å². The summed E-state index contributed by atoms with van der Waals surface area (Å²) in [5, 5.41) is 5.83. The molecular weight excluding hydrogens is 330 g/mol. The number of hydrogen-bond acceptors (Lipinski definition) is 4. The van der Waals surface area contributed by atoms with Gasteiger partial charge in [0.2, 0.25) is 5.91 Å². The smallest absolute Gasteiger partial charge is 0.257 e. The summed E-state index contributed by atoms with van der Waals surface area (Å²) in [4.78, 5) is 27.0. The van der Waals surface area contributed by atoms with Crippen LogP contribution in [-0.2, 0) is 4.79 Å². The van der Waals surface area contributed by atoms with E-state index in [1.165, 1.54) is 18.3 Å². The molecule has 0 radical (unpaired) electrons. The van der Waals surface area contributed by atoms with Crippen molar-refractivity contribution in [2.45, 2.75) is 6.92 Å². The summed E-state index contributed by atoms with van der Waals surface area (Å²) in [7, 11) is 0. The number of halogens is 1. The zero-order chi connectivity index (χ0) is 13.8. The lowest BCUT2D eigenvalue weighted by atomic mass is 10.2. The average molecular weight is 340 g/mol. The van der Waals surface area contributed by atoms with E-state index in [2.05, 4.69) is 31.5 Å². The Morgan fingerprint density at radius 2 is 2.11 bits per heavy atom. The Balaban J connectivity index is 2.12. The maximum absolute atomic E-state index is 12.0. The lowest BCUT2D eigenvalue weighted by Gasteiger charge is -2.05. The van der Waals surface area contributed by atoms with E-state index in [4.69, 9.17) is 0 Å². The summed E-state index contributed by atoms with van der Waals surface area (Å²) in [6, 6.07) is 6.71. The van der Waals surface area contributed by atoms with Gasteiger partial charge in [-0.25, -0.2) is 4.98 Å². The molecule has 1 aromatic carbocycles. The van der Waals surface area contributed by atoms with Gasteiger partial charge >= 0.3 is 0 Å². The van der Waals surface area contributed by atoms with Crippen LogP contribution < -0.4 is 10.6 Å². The van der Waals surface area contributed by atoms with E-state index in [0.717, 1.165) is 3.79 Å². The molecule has 98 valence electrons. The normalized spacial score (nSPS) is 10.0. The zero-order valence-corrected chi connectivity index (χ0v) is 12.3. The fourth-order valence-electron chi connectivity index (χ4n) is 1.42. The molecule has 1 heterocycles. The molecule has 0 saturated carbocycles. The minimum absolute atomic E-state index is 0.179. The second-order valence-electron chi connectivity index (χ2n) is 3.69. The summed E-state index contributed by atoms with van der Waals surface area (Å²) in [5.74, 6) is -0.449. The van der Waals surface area contributed by atoms with Crippen LogP contribution in [0, 0.1) is 0 Å². The lowest BCUT2D eigenvalue weighted by molar-refractivity contribution is -0.114. The molecule has 0 atom stereocenters. The first-order valence-corrected chi connectivity index (χ1v) is 6.96.